The highest BCUT2D eigenvalue weighted by atomic mass is 32.1. The fourth-order valence-electron chi connectivity index (χ4n) is 6.58. The first-order valence-corrected chi connectivity index (χ1v) is 18.0. The molecule has 1 aliphatic heterocycles. The number of thiophene rings is 1. The minimum Gasteiger partial charge on any atom is -0.497 e. The average Bonchev–Trinajstić information content (AvgIpc) is 3.40. The molecule has 12 nitrogen and oxygen atoms in total. The average molecular weight is 726 g/mol. The molecule has 2 aromatic heterocycles. The number of likely N-dealkylation sites (tertiary alicyclic amines) is 1. The van der Waals surface area contributed by atoms with Gasteiger partial charge >= 0.3 is 12.0 Å². The van der Waals surface area contributed by atoms with Crippen LogP contribution >= 0.6 is 11.3 Å². The summed E-state index contributed by atoms with van der Waals surface area (Å²) in [5.41, 5.74) is -0.0290. The molecule has 272 valence electrons. The maximum atomic E-state index is 14.2. The summed E-state index contributed by atoms with van der Waals surface area (Å²) in [4.78, 5) is 61.0. The number of aliphatic carboxylic acids is 1. The Bertz CT molecular complexity index is 1980. The van der Waals surface area contributed by atoms with Crippen molar-refractivity contribution >= 4 is 46.1 Å². The number of pyridine rings is 1. The molecular formula is C39H43N5O7S. The van der Waals surface area contributed by atoms with Gasteiger partial charge in [-0.05, 0) is 35.4 Å². The number of benzene rings is 2. The van der Waals surface area contributed by atoms with Gasteiger partial charge in [-0.3, -0.25) is 9.59 Å². The number of hydrogen-bond donors (Lipinski definition) is 4. The van der Waals surface area contributed by atoms with Crippen molar-refractivity contribution < 1.29 is 33.8 Å². The highest BCUT2D eigenvalue weighted by Gasteiger charge is 2.61. The van der Waals surface area contributed by atoms with Crippen LogP contribution in [0.2, 0.25) is 0 Å². The first-order valence-electron chi connectivity index (χ1n) is 17.1. The van der Waals surface area contributed by atoms with Crippen LogP contribution < -0.4 is 25.4 Å². The number of carbonyl (C=O) groups excluding carboxylic acids is 3. The molecule has 2 aliphatic rings. The predicted molar refractivity (Wildman–Crippen MR) is 198 cm³/mol. The van der Waals surface area contributed by atoms with E-state index in [0.29, 0.717) is 34.6 Å². The molecule has 2 aromatic carbocycles. The second kappa shape index (κ2) is 14.7. The third-order valence-corrected chi connectivity index (χ3v) is 10.5. The van der Waals surface area contributed by atoms with E-state index in [1.54, 1.807) is 13.2 Å². The fourth-order valence-corrected chi connectivity index (χ4v) is 7.23. The first-order chi connectivity index (χ1) is 24.8. The molecule has 0 spiro atoms. The lowest BCUT2D eigenvalue weighted by atomic mass is 9.86. The molecule has 13 heteroatoms. The monoisotopic (exact) mass is 725 g/mol. The van der Waals surface area contributed by atoms with Gasteiger partial charge in [0.1, 0.15) is 35.2 Å². The number of carbonyl (C=O) groups is 4. The smallest absolute Gasteiger partial charge is 0.330 e. The number of urea groups is 1. The topological polar surface area (TPSA) is 159 Å². The third kappa shape index (κ3) is 7.59. The van der Waals surface area contributed by atoms with E-state index in [0.717, 1.165) is 10.4 Å². The van der Waals surface area contributed by atoms with Crippen molar-refractivity contribution in [2.75, 3.05) is 13.7 Å². The van der Waals surface area contributed by atoms with Crippen molar-refractivity contribution in [3.05, 3.63) is 89.6 Å². The van der Waals surface area contributed by atoms with Crippen LogP contribution in [0.5, 0.6) is 11.5 Å². The maximum Gasteiger partial charge on any atom is 0.330 e. The summed E-state index contributed by atoms with van der Waals surface area (Å²) in [7, 11) is 1.58. The van der Waals surface area contributed by atoms with E-state index in [1.807, 2.05) is 86.8 Å². The lowest BCUT2D eigenvalue weighted by molar-refractivity contribution is -0.144. The van der Waals surface area contributed by atoms with Crippen molar-refractivity contribution in [2.45, 2.75) is 63.9 Å². The largest absolute Gasteiger partial charge is 0.497 e. The summed E-state index contributed by atoms with van der Waals surface area (Å²) < 4.78 is 12.1. The number of ether oxygens (including phenoxy) is 2. The van der Waals surface area contributed by atoms with Crippen LogP contribution in [0.3, 0.4) is 0 Å². The zero-order chi connectivity index (χ0) is 37.2. The second-order valence-electron chi connectivity index (χ2n) is 14.3. The maximum absolute atomic E-state index is 14.2. The molecule has 2 unspecified atom stereocenters. The minimum absolute atomic E-state index is 0.0107. The predicted octanol–water partition coefficient (Wildman–Crippen LogP) is 5.38. The van der Waals surface area contributed by atoms with Gasteiger partial charge in [0, 0.05) is 40.3 Å². The standard InChI is InChI=1S/C39H43N5O7S/c1-6-24-20-39(24,36(47)48)43-34(45)31-18-26(22-44(31)37(49)42-33(38(2,3)4)35(46)40-21-27-13-10-16-52-27)51-32-19-29(23-11-8-7-9-12-23)41-30-17-25(50-5)14-15-28(30)32/h6-17,19,24,26,31,33H,1,18,20-22H2,2-5H3,(H,40,46)(H,42,49)(H,43,45)(H,47,48)/t24?,26-,31+,33?,39-/m1/s1. The SMILES string of the molecule is C=CC1C[C@]1(NC(=O)[C@@H]1C[C@@H](Oc2cc(-c3ccccc3)nc3cc(OC)ccc23)CN1C(=O)NC(C(=O)NCc1cccs1)C(C)(C)C)C(=O)O. The molecule has 1 saturated carbocycles. The Hall–Kier alpha value is -5.43. The van der Waals surface area contributed by atoms with Gasteiger partial charge in [0.25, 0.3) is 0 Å². The van der Waals surface area contributed by atoms with E-state index in [2.05, 4.69) is 22.5 Å². The number of nitrogens with one attached hydrogen (secondary N) is 3. The minimum atomic E-state index is -1.50. The van der Waals surface area contributed by atoms with Gasteiger partial charge in [-0.2, -0.15) is 0 Å². The number of fused-ring (bicyclic) bond motifs is 1. The van der Waals surface area contributed by atoms with Gasteiger partial charge in [0.2, 0.25) is 11.8 Å². The van der Waals surface area contributed by atoms with Crippen LogP contribution in [0.1, 0.15) is 38.5 Å². The van der Waals surface area contributed by atoms with E-state index >= 15 is 0 Å². The molecule has 5 atom stereocenters. The van der Waals surface area contributed by atoms with Gasteiger partial charge in [0.05, 0.1) is 31.4 Å². The van der Waals surface area contributed by atoms with Crippen LogP contribution in [-0.4, -0.2) is 76.2 Å². The molecule has 52 heavy (non-hydrogen) atoms. The van der Waals surface area contributed by atoms with Gasteiger partial charge in [-0.15, -0.1) is 17.9 Å². The highest BCUT2D eigenvalue weighted by Crippen LogP contribution is 2.45. The van der Waals surface area contributed by atoms with E-state index < -0.39 is 53.0 Å². The van der Waals surface area contributed by atoms with Crippen molar-refractivity contribution in [3.63, 3.8) is 0 Å². The van der Waals surface area contributed by atoms with Gasteiger partial charge in [-0.25, -0.2) is 14.6 Å². The normalized spacial score (nSPS) is 21.5. The summed E-state index contributed by atoms with van der Waals surface area (Å²) in [6.07, 6.45) is 1.10. The molecule has 0 bridgehead atoms. The van der Waals surface area contributed by atoms with Crippen LogP contribution in [0, 0.1) is 11.3 Å². The number of methoxy groups -OCH3 is 1. The first kappa shape index (κ1) is 36.4. The zero-order valence-corrected chi connectivity index (χ0v) is 30.4. The lowest BCUT2D eigenvalue weighted by Crippen LogP contribution is -2.59. The molecule has 1 aliphatic carbocycles. The number of carboxylic acid groups (broad SMARTS) is 1. The molecule has 4 N–H and O–H groups in total. The van der Waals surface area contributed by atoms with Crippen LogP contribution in [0.15, 0.2) is 84.8 Å². The number of hydrogen-bond acceptors (Lipinski definition) is 8. The van der Waals surface area contributed by atoms with Crippen molar-refractivity contribution in [2.24, 2.45) is 11.3 Å². The zero-order valence-electron chi connectivity index (χ0n) is 29.5. The summed E-state index contributed by atoms with van der Waals surface area (Å²) >= 11 is 1.51. The summed E-state index contributed by atoms with van der Waals surface area (Å²) in [6, 6.07) is 18.0. The number of amides is 4. The Balaban J connectivity index is 1.30. The molecule has 6 rings (SSSR count). The van der Waals surface area contributed by atoms with E-state index in [9.17, 15) is 24.3 Å². The Kier molecular flexibility index (Phi) is 10.3. The van der Waals surface area contributed by atoms with E-state index in [4.69, 9.17) is 14.5 Å². The quantitative estimate of drug-likeness (QED) is 0.142. The molecule has 4 amide bonds. The van der Waals surface area contributed by atoms with Gasteiger partial charge in [0.15, 0.2) is 0 Å². The van der Waals surface area contributed by atoms with Gasteiger partial charge in [-0.1, -0.05) is 63.2 Å². The number of rotatable bonds is 12. The van der Waals surface area contributed by atoms with Crippen molar-refractivity contribution in [3.8, 4) is 22.8 Å². The molecule has 3 heterocycles. The molecule has 0 radical (unpaired) electrons. The van der Waals surface area contributed by atoms with Crippen LogP contribution in [0.25, 0.3) is 22.2 Å². The Morgan fingerprint density at radius 3 is 2.52 bits per heavy atom. The third-order valence-electron chi connectivity index (χ3n) is 9.61. The van der Waals surface area contributed by atoms with Crippen LogP contribution in [0.4, 0.5) is 4.79 Å². The summed E-state index contributed by atoms with van der Waals surface area (Å²) in [6.45, 7) is 9.54. The van der Waals surface area contributed by atoms with Crippen molar-refractivity contribution in [1.29, 1.82) is 0 Å². The summed E-state index contributed by atoms with van der Waals surface area (Å²) in [5, 5.41) is 21.1. The highest BCUT2D eigenvalue weighted by molar-refractivity contribution is 7.09. The fraction of sp³-hybridized carbons (Fsp3) is 0.359. The second-order valence-corrected chi connectivity index (χ2v) is 15.3. The number of carboxylic acids is 1. The Labute approximate surface area is 306 Å². The summed E-state index contributed by atoms with van der Waals surface area (Å²) in [5.74, 6) is -1.50. The molecule has 2 fully saturated rings. The van der Waals surface area contributed by atoms with E-state index in [-0.39, 0.29) is 25.3 Å². The number of aromatic nitrogens is 1. The van der Waals surface area contributed by atoms with E-state index in [1.165, 1.54) is 22.3 Å². The Morgan fingerprint density at radius 1 is 1.12 bits per heavy atom. The molecule has 1 saturated heterocycles. The molecular weight excluding hydrogens is 683 g/mol. The number of nitrogens with zero attached hydrogens (tertiary/aromatic N) is 2. The van der Waals surface area contributed by atoms with Crippen LogP contribution in [-0.2, 0) is 20.9 Å². The lowest BCUT2D eigenvalue weighted by Gasteiger charge is -2.33. The Morgan fingerprint density at radius 2 is 1.88 bits per heavy atom. The van der Waals surface area contributed by atoms with Crippen molar-refractivity contribution in [1.82, 2.24) is 25.8 Å². The van der Waals surface area contributed by atoms with Gasteiger partial charge < -0.3 is 35.4 Å². The molecule has 4 aromatic rings.